The van der Waals surface area contributed by atoms with Gasteiger partial charge in [-0.2, -0.15) is 0 Å². The van der Waals surface area contributed by atoms with Gasteiger partial charge in [-0.1, -0.05) is 29.4 Å². The second-order valence-electron chi connectivity index (χ2n) is 5.23. The third-order valence-corrected chi connectivity index (χ3v) is 2.74. The minimum Gasteiger partial charge on any atom is -0.419 e. The van der Waals surface area contributed by atoms with E-state index in [0.717, 1.165) is 18.1 Å². The Balaban J connectivity index is 2.72. The zero-order valence-corrected chi connectivity index (χ0v) is 13.2. The lowest BCUT2D eigenvalue weighted by Crippen LogP contribution is -2.18. The molecular formula is C17H19F3O3. The van der Waals surface area contributed by atoms with Crippen molar-refractivity contribution in [2.24, 2.45) is 0 Å². The van der Waals surface area contributed by atoms with Crippen molar-refractivity contribution >= 4 is 5.97 Å². The fourth-order valence-corrected chi connectivity index (χ4v) is 1.74. The predicted octanol–water partition coefficient (Wildman–Crippen LogP) is 5.18. The minimum absolute atomic E-state index is 0.275. The van der Waals surface area contributed by atoms with Crippen LogP contribution in [0, 0.1) is 0 Å². The van der Waals surface area contributed by atoms with Crippen LogP contribution in [0.15, 0.2) is 47.6 Å². The number of allylic oxidation sites excluding steroid dienone is 3. The summed E-state index contributed by atoms with van der Waals surface area (Å²) in [4.78, 5) is 11.8. The number of esters is 1. The number of ether oxygens (including phenoxy) is 2. The molecule has 0 N–H and O–H groups in total. The molecule has 126 valence electrons. The van der Waals surface area contributed by atoms with Crippen LogP contribution in [0.1, 0.15) is 33.6 Å². The van der Waals surface area contributed by atoms with Gasteiger partial charge in [0.15, 0.2) is 11.5 Å². The lowest BCUT2D eigenvalue weighted by atomic mass is 10.1. The van der Waals surface area contributed by atoms with E-state index in [4.69, 9.17) is 4.74 Å². The molecule has 0 unspecified atom stereocenters. The molecule has 0 aromatic heterocycles. The number of halogens is 3. The average molecular weight is 328 g/mol. The van der Waals surface area contributed by atoms with Crippen LogP contribution < -0.4 is 9.47 Å². The van der Waals surface area contributed by atoms with Crippen molar-refractivity contribution in [1.29, 1.82) is 0 Å². The number of hydrogen-bond acceptors (Lipinski definition) is 3. The average Bonchev–Trinajstić information content (AvgIpc) is 2.38. The van der Waals surface area contributed by atoms with Crippen molar-refractivity contribution in [2.45, 2.75) is 40.0 Å². The molecule has 0 aliphatic carbocycles. The molecule has 0 spiro atoms. The van der Waals surface area contributed by atoms with Crippen LogP contribution in [0.3, 0.4) is 0 Å². The summed E-state index contributed by atoms with van der Waals surface area (Å²) in [5.41, 5.74) is 1.96. The number of hydrogen-bond donors (Lipinski definition) is 0. The first kappa shape index (κ1) is 18.8. The Kier molecular flexibility index (Phi) is 6.88. The molecule has 6 heteroatoms. The maximum absolute atomic E-state index is 12.3. The van der Waals surface area contributed by atoms with E-state index in [1.54, 1.807) is 6.92 Å². The van der Waals surface area contributed by atoms with Crippen molar-refractivity contribution in [3.05, 3.63) is 47.6 Å². The van der Waals surface area contributed by atoms with Gasteiger partial charge in [0.25, 0.3) is 0 Å². The molecule has 1 rings (SSSR count). The molecule has 0 amide bonds. The third kappa shape index (κ3) is 8.09. The number of benzene rings is 1. The highest BCUT2D eigenvalue weighted by atomic mass is 19.4. The second kappa shape index (κ2) is 8.41. The first-order valence-corrected chi connectivity index (χ1v) is 7.04. The number of rotatable bonds is 6. The quantitative estimate of drug-likeness (QED) is 0.312. The Bertz CT molecular complexity index is 597. The monoisotopic (exact) mass is 328 g/mol. The summed E-state index contributed by atoms with van der Waals surface area (Å²) < 4.78 is 45.6. The molecule has 0 fully saturated rings. The molecule has 0 saturated heterocycles. The molecular weight excluding hydrogens is 309 g/mol. The Morgan fingerprint density at radius 3 is 2.30 bits per heavy atom. The van der Waals surface area contributed by atoms with Gasteiger partial charge >= 0.3 is 12.3 Å². The normalized spacial score (nSPS) is 11.8. The third-order valence-electron chi connectivity index (χ3n) is 2.74. The largest absolute Gasteiger partial charge is 0.573 e. The Hall–Kier alpha value is -2.24. The Morgan fingerprint density at radius 1 is 1.13 bits per heavy atom. The van der Waals surface area contributed by atoms with E-state index in [1.165, 1.54) is 29.8 Å². The lowest BCUT2D eigenvalue weighted by molar-refractivity contribution is -0.275. The van der Waals surface area contributed by atoms with Gasteiger partial charge in [0.2, 0.25) is 0 Å². The van der Waals surface area contributed by atoms with Crippen LogP contribution in [-0.2, 0) is 4.79 Å². The van der Waals surface area contributed by atoms with Gasteiger partial charge in [-0.3, -0.25) is 0 Å². The van der Waals surface area contributed by atoms with Gasteiger partial charge in [-0.05, 0) is 45.7 Å². The zero-order valence-electron chi connectivity index (χ0n) is 13.2. The van der Waals surface area contributed by atoms with Crippen LogP contribution in [-0.4, -0.2) is 12.3 Å². The number of para-hydroxylation sites is 2. The number of carbonyl (C=O) groups excluding carboxylic acids is 1. The lowest BCUT2D eigenvalue weighted by Gasteiger charge is -2.12. The summed E-state index contributed by atoms with van der Waals surface area (Å²) in [5.74, 6) is -1.56. The molecule has 1 aromatic rings. The van der Waals surface area contributed by atoms with Crippen molar-refractivity contribution in [3.8, 4) is 11.5 Å². The van der Waals surface area contributed by atoms with E-state index < -0.39 is 18.1 Å². The summed E-state index contributed by atoms with van der Waals surface area (Å²) in [6, 6.07) is 5.14. The standard InChI is InChI=1S/C17H19F3O3/c1-12(2)7-6-8-13(3)11-16(21)22-14-9-4-5-10-15(14)23-17(18,19)20/h4-5,7,9-11H,6,8H2,1-3H3/b13-11+. The second-order valence-corrected chi connectivity index (χ2v) is 5.23. The molecule has 0 bridgehead atoms. The van der Waals surface area contributed by atoms with Gasteiger partial charge in [0, 0.05) is 6.08 Å². The van der Waals surface area contributed by atoms with Gasteiger partial charge in [-0.15, -0.1) is 13.2 Å². The summed E-state index contributed by atoms with van der Waals surface area (Å²) in [7, 11) is 0. The van der Waals surface area contributed by atoms with Crippen LogP contribution in [0.25, 0.3) is 0 Å². The molecule has 0 aliphatic heterocycles. The first-order valence-electron chi connectivity index (χ1n) is 7.04. The van der Waals surface area contributed by atoms with Gasteiger partial charge in [0.1, 0.15) is 0 Å². The SMILES string of the molecule is CC(C)=CCC/C(C)=C/C(=O)Oc1ccccc1OC(F)(F)F. The fourth-order valence-electron chi connectivity index (χ4n) is 1.74. The highest BCUT2D eigenvalue weighted by molar-refractivity contribution is 5.85. The van der Waals surface area contributed by atoms with Crippen LogP contribution in [0.5, 0.6) is 11.5 Å². The predicted molar refractivity (Wildman–Crippen MR) is 81.2 cm³/mol. The molecule has 0 aliphatic rings. The van der Waals surface area contributed by atoms with E-state index >= 15 is 0 Å². The van der Waals surface area contributed by atoms with E-state index in [2.05, 4.69) is 4.74 Å². The first-order chi connectivity index (χ1) is 10.7. The summed E-state index contributed by atoms with van der Waals surface area (Å²) in [6.07, 6.45) is -0.0936. The number of alkyl halides is 3. The van der Waals surface area contributed by atoms with Crippen molar-refractivity contribution in [1.82, 2.24) is 0 Å². The number of carbonyl (C=O) groups is 1. The summed E-state index contributed by atoms with van der Waals surface area (Å²) in [6.45, 7) is 5.72. The smallest absolute Gasteiger partial charge is 0.419 e. The molecule has 3 nitrogen and oxygen atoms in total. The molecule has 0 radical (unpaired) electrons. The molecule has 23 heavy (non-hydrogen) atoms. The van der Waals surface area contributed by atoms with E-state index in [-0.39, 0.29) is 5.75 Å². The maximum atomic E-state index is 12.3. The van der Waals surface area contributed by atoms with Crippen LogP contribution >= 0.6 is 0 Å². The summed E-state index contributed by atoms with van der Waals surface area (Å²) in [5, 5.41) is 0. The zero-order chi connectivity index (χ0) is 17.5. The molecule has 0 heterocycles. The van der Waals surface area contributed by atoms with Gasteiger partial charge in [-0.25, -0.2) is 4.79 Å². The Morgan fingerprint density at radius 2 is 1.74 bits per heavy atom. The van der Waals surface area contributed by atoms with Crippen LogP contribution in [0.4, 0.5) is 13.2 Å². The fraction of sp³-hybridized carbons (Fsp3) is 0.353. The topological polar surface area (TPSA) is 35.5 Å². The molecule has 0 saturated carbocycles. The minimum atomic E-state index is -4.85. The van der Waals surface area contributed by atoms with E-state index in [9.17, 15) is 18.0 Å². The highest BCUT2D eigenvalue weighted by Gasteiger charge is 2.32. The van der Waals surface area contributed by atoms with E-state index in [0.29, 0.717) is 6.42 Å². The molecule has 0 atom stereocenters. The molecule has 1 aromatic carbocycles. The van der Waals surface area contributed by atoms with Gasteiger partial charge < -0.3 is 9.47 Å². The Labute approximate surface area is 133 Å². The van der Waals surface area contributed by atoms with Crippen molar-refractivity contribution in [2.75, 3.05) is 0 Å². The van der Waals surface area contributed by atoms with Crippen molar-refractivity contribution in [3.63, 3.8) is 0 Å². The van der Waals surface area contributed by atoms with Gasteiger partial charge in [0.05, 0.1) is 0 Å². The van der Waals surface area contributed by atoms with Crippen LogP contribution in [0.2, 0.25) is 0 Å². The van der Waals surface area contributed by atoms with E-state index in [1.807, 2.05) is 19.9 Å². The van der Waals surface area contributed by atoms with Crippen molar-refractivity contribution < 1.29 is 27.4 Å². The maximum Gasteiger partial charge on any atom is 0.573 e. The summed E-state index contributed by atoms with van der Waals surface area (Å²) >= 11 is 0. The highest BCUT2D eigenvalue weighted by Crippen LogP contribution is 2.31.